The average Bonchev–Trinajstić information content (AvgIpc) is 2.34. The average molecular weight is 250 g/mol. The summed E-state index contributed by atoms with van der Waals surface area (Å²) in [5.74, 6) is 0.898. The van der Waals surface area contributed by atoms with Crippen molar-refractivity contribution < 1.29 is 14.6 Å². The number of nitrogens with one attached hydrogen (secondary N) is 2. The van der Waals surface area contributed by atoms with E-state index in [0.717, 1.165) is 17.0 Å². The Morgan fingerprint density at radius 3 is 2.78 bits per heavy atom. The van der Waals surface area contributed by atoms with E-state index in [-0.39, 0.29) is 18.0 Å². The Labute approximate surface area is 106 Å². The first-order chi connectivity index (χ1) is 8.52. The molecular formula is C13H18N2O3. The van der Waals surface area contributed by atoms with E-state index >= 15 is 0 Å². The second-order valence-corrected chi connectivity index (χ2v) is 4.67. The Bertz CT molecular complexity index is 462. The molecule has 1 aliphatic rings. The second-order valence-electron chi connectivity index (χ2n) is 4.67. The Morgan fingerprint density at radius 2 is 2.17 bits per heavy atom. The van der Waals surface area contributed by atoms with Crippen LogP contribution in [0.1, 0.15) is 25.5 Å². The van der Waals surface area contributed by atoms with Crippen molar-refractivity contribution in [2.75, 3.05) is 12.4 Å². The fourth-order valence-corrected chi connectivity index (χ4v) is 2.35. The number of hydrogen-bond donors (Lipinski definition) is 3. The lowest BCUT2D eigenvalue weighted by Crippen LogP contribution is -2.42. The maximum Gasteiger partial charge on any atom is 0.405 e. The van der Waals surface area contributed by atoms with Crippen molar-refractivity contribution >= 4 is 11.8 Å². The molecule has 0 radical (unpaired) electrons. The van der Waals surface area contributed by atoms with E-state index in [1.54, 1.807) is 7.11 Å². The summed E-state index contributed by atoms with van der Waals surface area (Å²) < 4.78 is 5.19. The van der Waals surface area contributed by atoms with Gasteiger partial charge < -0.3 is 20.5 Å². The molecule has 0 saturated heterocycles. The van der Waals surface area contributed by atoms with Gasteiger partial charge in [-0.05, 0) is 25.1 Å². The molecule has 3 atom stereocenters. The molecule has 1 heterocycles. The van der Waals surface area contributed by atoms with Crippen LogP contribution in [-0.2, 0) is 0 Å². The largest absolute Gasteiger partial charge is 0.497 e. The van der Waals surface area contributed by atoms with Crippen molar-refractivity contribution in [2.45, 2.75) is 25.9 Å². The van der Waals surface area contributed by atoms with Crippen molar-refractivity contribution in [1.29, 1.82) is 0 Å². The van der Waals surface area contributed by atoms with E-state index in [1.807, 2.05) is 32.0 Å². The molecule has 1 amide bonds. The highest BCUT2D eigenvalue weighted by Crippen LogP contribution is 2.38. The molecule has 0 aliphatic carbocycles. The van der Waals surface area contributed by atoms with Gasteiger partial charge in [-0.25, -0.2) is 4.79 Å². The van der Waals surface area contributed by atoms with Crippen LogP contribution in [0.2, 0.25) is 0 Å². The van der Waals surface area contributed by atoms with Gasteiger partial charge in [0, 0.05) is 23.2 Å². The summed E-state index contributed by atoms with van der Waals surface area (Å²) in [6.07, 6.45) is -1.00. The molecule has 1 aliphatic heterocycles. The highest BCUT2D eigenvalue weighted by molar-refractivity contribution is 5.67. The van der Waals surface area contributed by atoms with Gasteiger partial charge in [-0.1, -0.05) is 6.92 Å². The molecule has 0 fully saturated rings. The quantitative estimate of drug-likeness (QED) is 0.754. The predicted octanol–water partition coefficient (Wildman–Crippen LogP) is 2.45. The van der Waals surface area contributed by atoms with E-state index in [2.05, 4.69) is 10.6 Å². The number of amides is 1. The third-order valence-electron chi connectivity index (χ3n) is 3.57. The van der Waals surface area contributed by atoms with Gasteiger partial charge >= 0.3 is 6.09 Å². The maximum absolute atomic E-state index is 10.9. The number of hydrogen-bond acceptors (Lipinski definition) is 3. The van der Waals surface area contributed by atoms with Gasteiger partial charge in [0.15, 0.2) is 0 Å². The smallest absolute Gasteiger partial charge is 0.405 e. The SMILES string of the molecule is COc1ccc2c(c1)[C@H](NC(=O)O)[C@@H](C)[C@H](C)N2. The lowest BCUT2D eigenvalue weighted by atomic mass is 9.84. The van der Waals surface area contributed by atoms with Gasteiger partial charge in [-0.15, -0.1) is 0 Å². The number of benzene rings is 1. The highest BCUT2D eigenvalue weighted by atomic mass is 16.5. The van der Waals surface area contributed by atoms with Crippen molar-refractivity contribution in [1.82, 2.24) is 5.32 Å². The molecule has 0 unspecified atom stereocenters. The third-order valence-corrected chi connectivity index (χ3v) is 3.57. The van der Waals surface area contributed by atoms with Crippen molar-refractivity contribution in [2.24, 2.45) is 5.92 Å². The predicted molar refractivity (Wildman–Crippen MR) is 69.1 cm³/mol. The zero-order valence-corrected chi connectivity index (χ0v) is 10.7. The maximum atomic E-state index is 10.9. The molecular weight excluding hydrogens is 232 g/mol. The van der Waals surface area contributed by atoms with Crippen molar-refractivity contribution in [3.63, 3.8) is 0 Å². The van der Waals surface area contributed by atoms with E-state index in [0.29, 0.717) is 0 Å². The molecule has 0 saturated carbocycles. The first-order valence-corrected chi connectivity index (χ1v) is 5.97. The fraction of sp³-hybridized carbons (Fsp3) is 0.462. The highest BCUT2D eigenvalue weighted by Gasteiger charge is 2.32. The summed E-state index contributed by atoms with van der Waals surface area (Å²) in [7, 11) is 1.60. The van der Waals surface area contributed by atoms with Gasteiger partial charge in [0.05, 0.1) is 13.2 Å². The zero-order chi connectivity index (χ0) is 13.3. The topological polar surface area (TPSA) is 70.6 Å². The first kappa shape index (κ1) is 12.5. The van der Waals surface area contributed by atoms with Gasteiger partial charge in [0.1, 0.15) is 5.75 Å². The van der Waals surface area contributed by atoms with Gasteiger partial charge in [0.25, 0.3) is 0 Å². The Balaban J connectivity index is 2.42. The second kappa shape index (κ2) is 4.76. The number of fused-ring (bicyclic) bond motifs is 1. The zero-order valence-electron chi connectivity index (χ0n) is 10.7. The van der Waals surface area contributed by atoms with Crippen LogP contribution in [0.25, 0.3) is 0 Å². The molecule has 3 N–H and O–H groups in total. The summed E-state index contributed by atoms with van der Waals surface area (Å²) in [6.45, 7) is 4.08. The van der Waals surface area contributed by atoms with Gasteiger partial charge in [0.2, 0.25) is 0 Å². The lowest BCUT2D eigenvalue weighted by Gasteiger charge is -2.37. The number of ether oxygens (including phenoxy) is 1. The molecule has 5 heteroatoms. The molecule has 1 aromatic carbocycles. The van der Waals surface area contributed by atoms with Crippen LogP contribution in [0.3, 0.4) is 0 Å². The Kier molecular flexibility index (Phi) is 3.32. The molecule has 1 aromatic rings. The molecule has 0 aromatic heterocycles. The summed E-state index contributed by atoms with van der Waals surface area (Å²) in [4.78, 5) is 10.9. The molecule has 5 nitrogen and oxygen atoms in total. The molecule has 2 rings (SSSR count). The van der Waals surface area contributed by atoms with Crippen molar-refractivity contribution in [3.05, 3.63) is 23.8 Å². The molecule has 0 spiro atoms. The van der Waals surface area contributed by atoms with Crippen LogP contribution in [0.4, 0.5) is 10.5 Å². The van der Waals surface area contributed by atoms with E-state index in [4.69, 9.17) is 9.84 Å². The van der Waals surface area contributed by atoms with E-state index < -0.39 is 6.09 Å². The minimum absolute atomic E-state index is 0.167. The summed E-state index contributed by atoms with van der Waals surface area (Å²) in [5, 5.41) is 14.9. The van der Waals surface area contributed by atoms with Crippen LogP contribution < -0.4 is 15.4 Å². The van der Waals surface area contributed by atoms with Crippen molar-refractivity contribution in [3.8, 4) is 5.75 Å². The first-order valence-electron chi connectivity index (χ1n) is 5.97. The fourth-order valence-electron chi connectivity index (χ4n) is 2.35. The minimum atomic E-state index is -1.00. The van der Waals surface area contributed by atoms with E-state index in [9.17, 15) is 4.79 Å². The number of carbonyl (C=O) groups is 1. The summed E-state index contributed by atoms with van der Waals surface area (Å²) in [5.41, 5.74) is 1.89. The number of anilines is 1. The third kappa shape index (κ3) is 2.20. The number of carboxylic acid groups (broad SMARTS) is 1. The Morgan fingerprint density at radius 1 is 1.44 bits per heavy atom. The molecule has 0 bridgehead atoms. The number of methoxy groups -OCH3 is 1. The Hall–Kier alpha value is -1.91. The van der Waals surface area contributed by atoms with Crippen LogP contribution in [0.15, 0.2) is 18.2 Å². The van der Waals surface area contributed by atoms with Crippen LogP contribution in [0, 0.1) is 5.92 Å². The van der Waals surface area contributed by atoms with Crippen LogP contribution in [0.5, 0.6) is 5.75 Å². The van der Waals surface area contributed by atoms with Gasteiger partial charge in [-0.3, -0.25) is 0 Å². The molecule has 18 heavy (non-hydrogen) atoms. The van der Waals surface area contributed by atoms with Gasteiger partial charge in [-0.2, -0.15) is 0 Å². The monoisotopic (exact) mass is 250 g/mol. The summed E-state index contributed by atoms with van der Waals surface area (Å²) >= 11 is 0. The number of rotatable bonds is 2. The standard InChI is InChI=1S/C13H18N2O3/c1-7-8(2)14-11-5-4-9(18-3)6-10(11)12(7)15-13(16)17/h4-8,12,14-15H,1-3H3,(H,16,17)/t7-,8-,12+/m0/s1. The van der Waals surface area contributed by atoms with Crippen LogP contribution in [-0.4, -0.2) is 24.4 Å². The normalized spacial score (nSPS) is 25.8. The van der Waals surface area contributed by atoms with E-state index in [1.165, 1.54) is 0 Å². The lowest BCUT2D eigenvalue weighted by molar-refractivity contribution is 0.183. The van der Waals surface area contributed by atoms with Crippen LogP contribution >= 0.6 is 0 Å². The minimum Gasteiger partial charge on any atom is -0.497 e. The summed E-state index contributed by atoms with van der Waals surface area (Å²) in [6, 6.07) is 5.66. The molecule has 98 valence electrons.